The Morgan fingerprint density at radius 2 is 1.87 bits per heavy atom. The van der Waals surface area contributed by atoms with Crippen molar-refractivity contribution in [3.63, 3.8) is 0 Å². The molecule has 0 fully saturated rings. The maximum atomic E-state index is 12.7. The Kier molecular flexibility index (Phi) is 5.83. The lowest BCUT2D eigenvalue weighted by atomic mass is 9.87. The fourth-order valence-electron chi connectivity index (χ4n) is 3.55. The van der Waals surface area contributed by atoms with Crippen molar-refractivity contribution in [2.24, 2.45) is 7.05 Å². The van der Waals surface area contributed by atoms with Gasteiger partial charge in [0.2, 0.25) is 5.91 Å². The predicted octanol–water partition coefficient (Wildman–Crippen LogP) is 4.21. The summed E-state index contributed by atoms with van der Waals surface area (Å²) in [6.45, 7) is 0.424. The van der Waals surface area contributed by atoms with Crippen LogP contribution < -0.4 is 15.6 Å². The molecule has 0 spiro atoms. The number of amides is 1. The number of benzene rings is 2. The first-order valence-electron chi connectivity index (χ1n) is 9.38. The number of nitrogens with one attached hydrogen (secondary N) is 1. The molecule has 0 saturated heterocycles. The molecule has 6 nitrogen and oxygen atoms in total. The largest absolute Gasteiger partial charge is 0.489 e. The molecule has 154 valence electrons. The van der Waals surface area contributed by atoms with E-state index in [4.69, 9.17) is 16.3 Å². The molecule has 4 rings (SSSR count). The summed E-state index contributed by atoms with van der Waals surface area (Å²) >= 11 is 7.27. The Balaban J connectivity index is 1.59. The van der Waals surface area contributed by atoms with Crippen LogP contribution in [0.1, 0.15) is 29.0 Å². The lowest BCUT2D eigenvalue weighted by Crippen LogP contribution is -2.33. The highest BCUT2D eigenvalue weighted by atomic mass is 35.5. The van der Waals surface area contributed by atoms with Gasteiger partial charge in [-0.3, -0.25) is 9.59 Å². The van der Waals surface area contributed by atoms with Gasteiger partial charge >= 0.3 is 0 Å². The summed E-state index contributed by atoms with van der Waals surface area (Å²) in [6, 6.07) is 15.0. The number of thioether (sulfide) groups is 1. The molecule has 1 aliphatic rings. The van der Waals surface area contributed by atoms with Gasteiger partial charge in [0.15, 0.2) is 5.16 Å². The van der Waals surface area contributed by atoms with Crippen LogP contribution in [0, 0.1) is 0 Å². The highest BCUT2D eigenvalue weighted by Gasteiger charge is 2.31. The van der Waals surface area contributed by atoms with Gasteiger partial charge < -0.3 is 14.6 Å². The topological polar surface area (TPSA) is 73.2 Å². The van der Waals surface area contributed by atoms with Gasteiger partial charge in [0.25, 0.3) is 5.56 Å². The standard InChI is InChI=1S/C22H20ClN3O3S/c1-26-20-19(21(28)25-22(26)30-2)17(11-18(27)24-20)14-5-9-16(10-6-14)29-12-13-3-7-15(23)8-4-13/h3-10,17H,11-12H2,1-2H3,(H,24,27). The molecule has 1 unspecified atom stereocenters. The van der Waals surface area contributed by atoms with Crippen LogP contribution in [0.4, 0.5) is 5.82 Å². The molecule has 2 heterocycles. The number of aromatic nitrogens is 2. The zero-order valence-electron chi connectivity index (χ0n) is 16.5. The molecule has 0 bridgehead atoms. The lowest BCUT2D eigenvalue weighted by molar-refractivity contribution is -0.116. The molecule has 8 heteroatoms. The first kappa shape index (κ1) is 20.5. The van der Waals surface area contributed by atoms with Crippen LogP contribution in [0.3, 0.4) is 0 Å². The zero-order chi connectivity index (χ0) is 21.3. The highest BCUT2D eigenvalue weighted by Crippen LogP contribution is 2.36. The molecule has 1 aromatic heterocycles. The summed E-state index contributed by atoms with van der Waals surface area (Å²) in [5.74, 6) is 0.756. The molecule has 0 radical (unpaired) electrons. The molecular formula is C22H20ClN3O3S. The third-order valence-electron chi connectivity index (χ3n) is 5.08. The fraction of sp³-hybridized carbons (Fsp3) is 0.227. The van der Waals surface area contributed by atoms with E-state index in [9.17, 15) is 9.59 Å². The quantitative estimate of drug-likeness (QED) is 0.474. The van der Waals surface area contributed by atoms with Gasteiger partial charge in [-0.2, -0.15) is 4.98 Å². The van der Waals surface area contributed by atoms with Crippen molar-refractivity contribution in [2.75, 3.05) is 11.6 Å². The molecule has 0 saturated carbocycles. The van der Waals surface area contributed by atoms with Crippen molar-refractivity contribution in [3.05, 3.63) is 80.6 Å². The number of ether oxygens (including phenoxy) is 1. The van der Waals surface area contributed by atoms with Crippen LogP contribution >= 0.6 is 23.4 Å². The number of rotatable bonds is 5. The fourth-order valence-corrected chi connectivity index (χ4v) is 4.21. The average Bonchev–Trinajstić information content (AvgIpc) is 2.75. The Morgan fingerprint density at radius 1 is 1.17 bits per heavy atom. The van der Waals surface area contributed by atoms with Gasteiger partial charge in [0.05, 0.1) is 5.56 Å². The van der Waals surface area contributed by atoms with Crippen LogP contribution in [0.25, 0.3) is 0 Å². The van der Waals surface area contributed by atoms with Crippen LogP contribution in [-0.4, -0.2) is 21.7 Å². The Bertz CT molecular complexity index is 1140. The number of carbonyl (C=O) groups excluding carboxylic acids is 1. The summed E-state index contributed by atoms with van der Waals surface area (Å²) in [6.07, 6.45) is 2.05. The van der Waals surface area contributed by atoms with Crippen LogP contribution in [0.5, 0.6) is 5.75 Å². The van der Waals surface area contributed by atoms with Gasteiger partial charge in [0.1, 0.15) is 18.2 Å². The van der Waals surface area contributed by atoms with E-state index < -0.39 is 0 Å². The lowest BCUT2D eigenvalue weighted by Gasteiger charge is -2.27. The van der Waals surface area contributed by atoms with Crippen LogP contribution in [0.15, 0.2) is 58.5 Å². The number of carbonyl (C=O) groups is 1. The Labute approximate surface area is 183 Å². The number of fused-ring (bicyclic) bond motifs is 1. The minimum absolute atomic E-state index is 0.121. The van der Waals surface area contributed by atoms with E-state index in [1.165, 1.54) is 11.8 Å². The number of anilines is 1. The maximum absolute atomic E-state index is 12.7. The number of hydrogen-bond acceptors (Lipinski definition) is 5. The monoisotopic (exact) mass is 441 g/mol. The van der Waals surface area contributed by atoms with Crippen molar-refractivity contribution in [3.8, 4) is 5.75 Å². The second-order valence-corrected chi connectivity index (χ2v) is 8.22. The molecule has 1 aliphatic heterocycles. The minimum Gasteiger partial charge on any atom is -0.489 e. The van der Waals surface area contributed by atoms with Crippen molar-refractivity contribution < 1.29 is 9.53 Å². The van der Waals surface area contributed by atoms with Crippen LogP contribution in [0.2, 0.25) is 5.02 Å². The van der Waals surface area contributed by atoms with Crippen molar-refractivity contribution in [2.45, 2.75) is 24.1 Å². The van der Waals surface area contributed by atoms with Crippen molar-refractivity contribution >= 4 is 35.1 Å². The van der Waals surface area contributed by atoms with E-state index >= 15 is 0 Å². The van der Waals surface area contributed by atoms with Gasteiger partial charge in [-0.25, -0.2) is 0 Å². The van der Waals surface area contributed by atoms with Gasteiger partial charge in [0, 0.05) is 24.4 Å². The molecule has 2 aromatic carbocycles. The van der Waals surface area contributed by atoms with E-state index in [2.05, 4.69) is 10.3 Å². The number of halogens is 1. The smallest absolute Gasteiger partial charge is 0.279 e. The van der Waals surface area contributed by atoms with E-state index in [1.807, 2.05) is 54.8 Å². The third-order valence-corrected chi connectivity index (χ3v) is 6.07. The molecule has 30 heavy (non-hydrogen) atoms. The summed E-state index contributed by atoms with van der Waals surface area (Å²) in [4.78, 5) is 29.2. The van der Waals surface area contributed by atoms with E-state index in [0.717, 1.165) is 11.1 Å². The van der Waals surface area contributed by atoms with Crippen molar-refractivity contribution in [1.29, 1.82) is 0 Å². The first-order chi connectivity index (χ1) is 14.5. The summed E-state index contributed by atoms with van der Waals surface area (Å²) in [7, 11) is 1.80. The van der Waals surface area contributed by atoms with Crippen LogP contribution in [-0.2, 0) is 18.4 Å². The molecular weight excluding hydrogens is 422 g/mol. The van der Waals surface area contributed by atoms with E-state index in [1.54, 1.807) is 11.6 Å². The predicted molar refractivity (Wildman–Crippen MR) is 119 cm³/mol. The number of nitrogens with zero attached hydrogens (tertiary/aromatic N) is 2. The summed E-state index contributed by atoms with van der Waals surface area (Å²) < 4.78 is 7.59. The first-order valence-corrected chi connectivity index (χ1v) is 11.0. The minimum atomic E-state index is -0.346. The van der Waals surface area contributed by atoms with Crippen molar-refractivity contribution in [1.82, 2.24) is 9.55 Å². The summed E-state index contributed by atoms with van der Waals surface area (Å²) in [5.41, 5.74) is 2.10. The molecule has 1 amide bonds. The normalized spacial score (nSPS) is 15.4. The van der Waals surface area contributed by atoms with E-state index in [-0.39, 0.29) is 23.8 Å². The second-order valence-electron chi connectivity index (χ2n) is 7.01. The highest BCUT2D eigenvalue weighted by molar-refractivity contribution is 7.98. The second kappa shape index (κ2) is 8.53. The number of hydrogen-bond donors (Lipinski definition) is 1. The zero-order valence-corrected chi connectivity index (χ0v) is 18.1. The van der Waals surface area contributed by atoms with E-state index in [0.29, 0.717) is 33.9 Å². The summed E-state index contributed by atoms with van der Waals surface area (Å²) in [5, 5.41) is 4.08. The maximum Gasteiger partial charge on any atom is 0.279 e. The van der Waals surface area contributed by atoms with Gasteiger partial charge in [-0.15, -0.1) is 0 Å². The Morgan fingerprint density at radius 3 is 2.53 bits per heavy atom. The van der Waals surface area contributed by atoms with Gasteiger partial charge in [-0.05, 0) is 41.6 Å². The SMILES string of the molecule is CSc1nc(=O)c2c(n1C)NC(=O)CC2c1ccc(OCc2ccc(Cl)cc2)cc1. The average molecular weight is 442 g/mol. The third kappa shape index (κ3) is 4.08. The molecule has 1 atom stereocenters. The molecule has 1 N–H and O–H groups in total. The van der Waals surface area contributed by atoms with Gasteiger partial charge in [-0.1, -0.05) is 47.6 Å². The molecule has 0 aliphatic carbocycles. The molecule has 3 aromatic rings. The Hall–Kier alpha value is -2.77.